The van der Waals surface area contributed by atoms with E-state index in [0.717, 1.165) is 24.3 Å². The van der Waals surface area contributed by atoms with Crippen LogP contribution in [0, 0.1) is 91.9 Å². The van der Waals surface area contributed by atoms with Crippen molar-refractivity contribution in [2.24, 2.45) is 45.3 Å². The number of hydrogen-bond acceptors (Lipinski definition) is 20. The SMILES string of the molecule is CC1COC2(C1)Cn1cc(C(=O)NCc3ccc(F)cc3F)c(=O)c(O)c1C(=O)C2(C)C.CC1COC2(C1)Cn1cc(C(=O)NCc3ccc(F)cc3F)c(=O)c(O)c1C(=O)C2(C)C.CC1COC2(C1)Cn1cc(C(=O)NCc3ccc(F)cc3F)c(=O)c(O)c1C(=O)C2(C)C.CC1COC2(C1)Cn1cc(C(=O)NCc3ccc(F)cc3F)c(=O)c(O)c1C(=O)C2(C)C. The molecule has 8 unspecified atom stereocenters. The maximum absolute atomic E-state index is 13.8. The van der Waals surface area contributed by atoms with Crippen molar-refractivity contribution in [3.8, 4) is 23.0 Å². The number of nitrogens with zero attached hydrogens (tertiary/aromatic N) is 4. The number of benzene rings is 4. The topological polar surface area (TPSA) is 391 Å². The van der Waals surface area contributed by atoms with Gasteiger partial charge >= 0.3 is 0 Å². The average Bonchev–Trinajstić information content (AvgIpc) is 1.31. The number of ketones is 4. The van der Waals surface area contributed by atoms with E-state index in [2.05, 4.69) is 21.3 Å². The van der Waals surface area contributed by atoms with Gasteiger partial charge in [0.15, 0.2) is 46.1 Å². The van der Waals surface area contributed by atoms with Gasteiger partial charge in [-0.2, -0.15) is 0 Å². The second-order valence-electron chi connectivity index (χ2n) is 36.7. The zero-order valence-corrected chi connectivity index (χ0v) is 72.0. The van der Waals surface area contributed by atoms with E-state index >= 15 is 0 Å². The predicted octanol–water partition coefficient (Wildman–Crippen LogP) is 11.1. The van der Waals surface area contributed by atoms with Crippen molar-refractivity contribution in [3.05, 3.63) is 252 Å². The van der Waals surface area contributed by atoms with Crippen LogP contribution in [0.3, 0.4) is 0 Å². The van der Waals surface area contributed by atoms with Crippen LogP contribution >= 0.6 is 0 Å². The fraction of sp³-hybridized carbons (Fsp3) is 0.435. The molecule has 0 aliphatic carbocycles. The Morgan fingerprint density at radius 1 is 0.328 bits per heavy atom. The summed E-state index contributed by atoms with van der Waals surface area (Å²) in [4.78, 5) is 155. The third-order valence-electron chi connectivity index (χ3n) is 26.5. The molecule has 4 amide bonds. The van der Waals surface area contributed by atoms with Gasteiger partial charge in [-0.25, -0.2) is 35.1 Å². The molecule has 8 aliphatic heterocycles. The van der Waals surface area contributed by atoms with Gasteiger partial charge in [-0.3, -0.25) is 57.5 Å². The molecule has 0 radical (unpaired) electrons. The van der Waals surface area contributed by atoms with Gasteiger partial charge in [0, 0.05) is 97.5 Å². The molecule has 4 spiro atoms. The number of amides is 4. The van der Waals surface area contributed by atoms with Crippen LogP contribution in [0.15, 0.2) is 117 Å². The summed E-state index contributed by atoms with van der Waals surface area (Å²) < 4.78 is 137. The molecule has 4 fully saturated rings. The minimum absolute atomic E-state index is 0.0336. The quantitative estimate of drug-likeness (QED) is 0.0527. The van der Waals surface area contributed by atoms with E-state index in [1.165, 1.54) is 67.3 Å². The number of carbonyl (C=O) groups is 8. The second kappa shape index (κ2) is 34.4. The summed E-state index contributed by atoms with van der Waals surface area (Å²) in [5.41, 5.74) is -13.3. The number of nitrogens with one attached hydrogen (secondary N) is 4. The summed E-state index contributed by atoms with van der Waals surface area (Å²) in [5.74, 6) is -13.8. The Morgan fingerprint density at radius 3 is 0.664 bits per heavy atom. The Kier molecular flexibility index (Phi) is 25.1. The lowest BCUT2D eigenvalue weighted by molar-refractivity contribution is -0.0880. The Hall–Kier alpha value is -12.3. The van der Waals surface area contributed by atoms with Crippen molar-refractivity contribution in [2.75, 3.05) is 26.4 Å². The first kappa shape index (κ1) is 93.4. The zero-order chi connectivity index (χ0) is 93.7. The number of rotatable bonds is 12. The van der Waals surface area contributed by atoms with Gasteiger partial charge in [0.25, 0.3) is 23.6 Å². The van der Waals surface area contributed by atoms with Crippen LogP contribution in [-0.2, 0) is 71.3 Å². The molecule has 36 heteroatoms. The molecule has 4 saturated heterocycles. The first-order valence-electron chi connectivity index (χ1n) is 41.4. The van der Waals surface area contributed by atoms with Crippen molar-refractivity contribution in [1.82, 2.24) is 39.5 Å². The van der Waals surface area contributed by atoms with Gasteiger partial charge in [0.2, 0.25) is 21.7 Å². The molecular formula is C92H96F8N8O20. The third-order valence-corrected chi connectivity index (χ3v) is 26.5. The number of pyridine rings is 4. The number of carbonyl (C=O) groups excluding carboxylic acids is 8. The molecule has 8 aromatic rings. The molecule has 680 valence electrons. The molecule has 28 nitrogen and oxygen atoms in total. The van der Waals surface area contributed by atoms with Gasteiger partial charge in [-0.05, 0) is 129 Å². The number of fused-ring (bicyclic) bond motifs is 4. The molecule has 8 atom stereocenters. The second-order valence-corrected chi connectivity index (χ2v) is 36.7. The van der Waals surface area contributed by atoms with E-state index in [1.54, 1.807) is 55.4 Å². The minimum atomic E-state index is -0.992. The van der Waals surface area contributed by atoms with Crippen LogP contribution in [0.25, 0.3) is 0 Å². The molecule has 4 aromatic carbocycles. The number of aromatic hydroxyl groups is 4. The number of ether oxygens (including phenoxy) is 4. The summed E-state index contributed by atoms with van der Waals surface area (Å²) >= 11 is 0. The Bertz CT molecular complexity index is 5500. The predicted molar refractivity (Wildman–Crippen MR) is 442 cm³/mol. The summed E-state index contributed by atoms with van der Waals surface area (Å²) in [6, 6.07) is 11.7. The normalized spacial score (nSPS) is 23.9. The maximum Gasteiger partial charge on any atom is 0.257 e. The smallest absolute Gasteiger partial charge is 0.257 e. The van der Waals surface area contributed by atoms with Crippen molar-refractivity contribution >= 4 is 46.8 Å². The molecular weight excluding hydrogens is 1690 g/mol. The fourth-order valence-electron chi connectivity index (χ4n) is 18.5. The van der Waals surface area contributed by atoms with Crippen molar-refractivity contribution in [3.63, 3.8) is 0 Å². The number of Topliss-reactive ketones (excluding diaryl/α,β-unsaturated/α-hetero) is 4. The highest BCUT2D eigenvalue weighted by Gasteiger charge is 2.63. The molecule has 8 aliphatic rings. The third kappa shape index (κ3) is 16.5. The molecule has 8 N–H and O–H groups in total. The first-order valence-corrected chi connectivity index (χ1v) is 41.4. The minimum Gasteiger partial charge on any atom is -0.503 e. The van der Waals surface area contributed by atoms with Gasteiger partial charge in [0.1, 0.15) is 91.6 Å². The lowest BCUT2D eigenvalue weighted by atomic mass is 9.66. The summed E-state index contributed by atoms with van der Waals surface area (Å²) in [6.45, 7) is 23.5. The lowest BCUT2D eigenvalue weighted by Gasteiger charge is -2.47. The molecule has 0 bridgehead atoms. The van der Waals surface area contributed by atoms with Crippen molar-refractivity contribution in [2.45, 2.75) is 184 Å². The van der Waals surface area contributed by atoms with E-state index in [4.69, 9.17) is 18.9 Å². The summed E-state index contributed by atoms with van der Waals surface area (Å²) in [6.07, 6.45) is 7.38. The standard InChI is InChI=1S/4C23H24F2N2O5/c4*1-12-7-23(32-10-12)11-27-9-15(18(28)19(29)17(27)20(30)22(23,2)3)21(31)26-8-13-4-5-14(24)6-16(13)25/h4*4-6,9,12,29H,7-8,10-11H2,1-3H3,(H,26,31). The highest BCUT2D eigenvalue weighted by atomic mass is 19.2. The van der Waals surface area contributed by atoms with Gasteiger partial charge in [0.05, 0.1) is 96.7 Å². The van der Waals surface area contributed by atoms with Crippen LogP contribution in [0.2, 0.25) is 0 Å². The molecule has 12 heterocycles. The monoisotopic (exact) mass is 1780 g/mol. The number of hydrogen-bond donors (Lipinski definition) is 8. The van der Waals surface area contributed by atoms with E-state index in [-0.39, 0.29) is 143 Å². The van der Waals surface area contributed by atoms with Crippen LogP contribution in [-0.4, -0.2) is 134 Å². The Morgan fingerprint density at radius 2 is 0.508 bits per heavy atom. The van der Waals surface area contributed by atoms with Crippen LogP contribution in [0.5, 0.6) is 23.0 Å². The molecule has 4 aromatic heterocycles. The van der Waals surface area contributed by atoms with Crippen LogP contribution < -0.4 is 43.0 Å². The number of aromatic nitrogens is 4. The summed E-state index contributed by atoms with van der Waals surface area (Å²) in [7, 11) is 0. The van der Waals surface area contributed by atoms with Crippen LogP contribution in [0.1, 0.15) is 214 Å². The highest BCUT2D eigenvalue weighted by Crippen LogP contribution is 2.55. The molecule has 16 rings (SSSR count). The summed E-state index contributed by atoms with van der Waals surface area (Å²) in [5, 5.41) is 51.8. The van der Waals surface area contributed by atoms with Crippen molar-refractivity contribution < 1.29 is 113 Å². The first-order chi connectivity index (χ1) is 59.9. The largest absolute Gasteiger partial charge is 0.503 e. The van der Waals surface area contributed by atoms with E-state index < -0.39 is 182 Å². The maximum atomic E-state index is 13.8. The number of halogens is 8. The van der Waals surface area contributed by atoms with E-state index in [9.17, 15) is 113 Å². The zero-order valence-electron chi connectivity index (χ0n) is 72.0. The van der Waals surface area contributed by atoms with Gasteiger partial charge in [-0.1, -0.05) is 52.0 Å². The highest BCUT2D eigenvalue weighted by molar-refractivity contribution is 6.07. The molecule has 128 heavy (non-hydrogen) atoms. The molecule has 0 saturated carbocycles. The van der Waals surface area contributed by atoms with E-state index in [1.807, 2.05) is 27.7 Å². The van der Waals surface area contributed by atoms with Crippen molar-refractivity contribution in [1.29, 1.82) is 0 Å². The fourth-order valence-corrected chi connectivity index (χ4v) is 18.5. The van der Waals surface area contributed by atoms with Gasteiger partial charge < -0.3 is 78.9 Å². The van der Waals surface area contributed by atoms with E-state index in [0.29, 0.717) is 76.4 Å². The van der Waals surface area contributed by atoms with Gasteiger partial charge in [-0.15, -0.1) is 0 Å². The van der Waals surface area contributed by atoms with Crippen LogP contribution in [0.4, 0.5) is 35.1 Å². The Balaban J connectivity index is 0.000000146. The lowest BCUT2D eigenvalue weighted by Crippen LogP contribution is -2.57. The average molecular weight is 1790 g/mol. The Labute approximate surface area is 726 Å².